The van der Waals surface area contributed by atoms with Crippen LogP contribution in [0.2, 0.25) is 0 Å². The summed E-state index contributed by atoms with van der Waals surface area (Å²) in [6.45, 7) is 11.8. The highest BCUT2D eigenvalue weighted by molar-refractivity contribution is 7.16. The number of aromatic nitrogens is 1. The predicted molar refractivity (Wildman–Crippen MR) is 83.8 cm³/mol. The zero-order chi connectivity index (χ0) is 14.1. The van der Waals surface area contributed by atoms with Crippen LogP contribution in [0.25, 0.3) is 11.1 Å². The fourth-order valence-corrected chi connectivity index (χ4v) is 2.01. The van der Waals surface area contributed by atoms with E-state index in [1.165, 1.54) is 11.3 Å². The van der Waals surface area contributed by atoms with E-state index in [4.69, 9.17) is 5.73 Å². The van der Waals surface area contributed by atoms with Gasteiger partial charge in [0.15, 0.2) is 5.13 Å². The first-order valence-electron chi connectivity index (χ1n) is 5.88. The lowest BCUT2D eigenvalue weighted by Gasteiger charge is -2.01. The minimum absolute atomic E-state index is 0.546. The fourth-order valence-electron chi connectivity index (χ4n) is 1.23. The molecule has 0 spiro atoms. The number of hydrazone groups is 1. The van der Waals surface area contributed by atoms with E-state index in [1.54, 1.807) is 13.3 Å². The molecule has 0 aliphatic rings. The summed E-state index contributed by atoms with van der Waals surface area (Å²) in [4.78, 5) is 5.31. The summed E-state index contributed by atoms with van der Waals surface area (Å²) >= 11 is 1.44. The van der Waals surface area contributed by atoms with Crippen molar-refractivity contribution in [1.29, 1.82) is 0 Å². The maximum atomic E-state index is 5.72. The second-order valence-electron chi connectivity index (χ2n) is 3.24. The van der Waals surface area contributed by atoms with Crippen LogP contribution in [0, 0.1) is 0 Å². The molecule has 1 heterocycles. The molecule has 0 aliphatic carbocycles. The van der Waals surface area contributed by atoms with Crippen LogP contribution in [0.15, 0.2) is 17.8 Å². The first-order chi connectivity index (χ1) is 8.60. The maximum Gasteiger partial charge on any atom is 0.181 e. The van der Waals surface area contributed by atoms with Gasteiger partial charge >= 0.3 is 0 Å². The highest BCUT2D eigenvalue weighted by Gasteiger charge is 2.12. The third-order valence-electron chi connectivity index (χ3n) is 1.95. The predicted octanol–water partition coefficient (Wildman–Crippen LogP) is 3.39. The lowest BCUT2D eigenvalue weighted by atomic mass is 10.1. The summed E-state index contributed by atoms with van der Waals surface area (Å²) in [6.07, 6.45) is 3.67. The zero-order valence-corrected chi connectivity index (χ0v) is 12.6. The number of allylic oxidation sites excluding steroid dienone is 3. The van der Waals surface area contributed by atoms with Gasteiger partial charge in [-0.1, -0.05) is 37.8 Å². The quantitative estimate of drug-likeness (QED) is 0.648. The molecule has 0 aliphatic heterocycles. The lowest BCUT2D eigenvalue weighted by molar-refractivity contribution is 0.909. The van der Waals surface area contributed by atoms with Crippen molar-refractivity contribution in [2.75, 3.05) is 12.8 Å². The van der Waals surface area contributed by atoms with Crippen molar-refractivity contribution >= 4 is 33.8 Å². The van der Waals surface area contributed by atoms with Gasteiger partial charge in [0.25, 0.3) is 0 Å². The van der Waals surface area contributed by atoms with Crippen LogP contribution in [0.1, 0.15) is 38.3 Å². The Morgan fingerprint density at radius 2 is 2.11 bits per heavy atom. The third kappa shape index (κ3) is 4.33. The topological polar surface area (TPSA) is 63.3 Å². The van der Waals surface area contributed by atoms with Crippen LogP contribution in [-0.4, -0.2) is 18.2 Å². The smallest absolute Gasteiger partial charge is 0.181 e. The minimum atomic E-state index is 0.546. The number of thiazole rings is 1. The van der Waals surface area contributed by atoms with E-state index in [0.29, 0.717) is 5.13 Å². The molecule has 1 aromatic heterocycles. The van der Waals surface area contributed by atoms with Crippen LogP contribution in [-0.2, 0) is 0 Å². The molecule has 0 amide bonds. The van der Waals surface area contributed by atoms with Gasteiger partial charge in [0.05, 0.1) is 16.8 Å². The summed E-state index contributed by atoms with van der Waals surface area (Å²) in [7, 11) is 1.75. The Bertz CT molecular complexity index is 444. The van der Waals surface area contributed by atoms with E-state index in [-0.39, 0.29) is 0 Å². The number of rotatable bonds is 4. The summed E-state index contributed by atoms with van der Waals surface area (Å²) in [6, 6.07) is 0. The first-order valence-corrected chi connectivity index (χ1v) is 6.70. The molecule has 5 heteroatoms. The highest BCUT2D eigenvalue weighted by atomic mass is 32.1. The molecule has 0 atom stereocenters. The van der Waals surface area contributed by atoms with Crippen molar-refractivity contribution in [1.82, 2.24) is 10.4 Å². The summed E-state index contributed by atoms with van der Waals surface area (Å²) in [5.41, 5.74) is 11.2. The number of hydrogen-bond acceptors (Lipinski definition) is 5. The van der Waals surface area contributed by atoms with E-state index in [9.17, 15) is 0 Å². The molecule has 4 nitrogen and oxygen atoms in total. The van der Waals surface area contributed by atoms with Crippen molar-refractivity contribution in [2.24, 2.45) is 5.10 Å². The fraction of sp³-hybridized carbons (Fsp3) is 0.385. The SMILES string of the molecule is C=C(C)c1sc(N)nc1C(/C=N\NC)=C/C.CC. The van der Waals surface area contributed by atoms with Crippen molar-refractivity contribution < 1.29 is 0 Å². The van der Waals surface area contributed by atoms with Gasteiger partial charge in [0, 0.05) is 12.6 Å². The molecule has 0 saturated heterocycles. The molecule has 3 N–H and O–H groups in total. The van der Waals surface area contributed by atoms with Gasteiger partial charge in [-0.3, -0.25) is 0 Å². The average molecular weight is 266 g/mol. The van der Waals surface area contributed by atoms with Gasteiger partial charge in [0.2, 0.25) is 0 Å². The zero-order valence-electron chi connectivity index (χ0n) is 11.7. The molecule has 1 aromatic rings. The Hall–Kier alpha value is -1.62. The van der Waals surface area contributed by atoms with Crippen molar-refractivity contribution in [3.8, 4) is 0 Å². The Kier molecular flexibility index (Phi) is 7.71. The highest BCUT2D eigenvalue weighted by Crippen LogP contribution is 2.30. The van der Waals surface area contributed by atoms with Gasteiger partial charge in [-0.15, -0.1) is 0 Å². The van der Waals surface area contributed by atoms with Crippen LogP contribution in [0.4, 0.5) is 5.13 Å². The van der Waals surface area contributed by atoms with Crippen LogP contribution < -0.4 is 11.2 Å². The number of anilines is 1. The van der Waals surface area contributed by atoms with Gasteiger partial charge in [-0.05, 0) is 19.4 Å². The Labute approximate surface area is 113 Å². The van der Waals surface area contributed by atoms with Crippen LogP contribution in [0.5, 0.6) is 0 Å². The van der Waals surface area contributed by atoms with E-state index >= 15 is 0 Å². The summed E-state index contributed by atoms with van der Waals surface area (Å²) in [5.74, 6) is 0. The monoisotopic (exact) mass is 266 g/mol. The van der Waals surface area contributed by atoms with Gasteiger partial charge in [-0.25, -0.2) is 4.98 Å². The van der Waals surface area contributed by atoms with Gasteiger partial charge in [-0.2, -0.15) is 5.10 Å². The molecular weight excluding hydrogens is 244 g/mol. The summed E-state index contributed by atoms with van der Waals surface area (Å²) < 4.78 is 0. The number of nitrogens with one attached hydrogen (secondary N) is 1. The average Bonchev–Trinajstić information content (AvgIpc) is 2.75. The second-order valence-corrected chi connectivity index (χ2v) is 4.27. The number of nitrogens with two attached hydrogens (primary N) is 1. The van der Waals surface area contributed by atoms with Crippen molar-refractivity contribution in [3.63, 3.8) is 0 Å². The Morgan fingerprint density at radius 3 is 2.56 bits per heavy atom. The molecule has 1 rings (SSSR count). The molecule has 0 bridgehead atoms. The van der Waals surface area contributed by atoms with Crippen molar-refractivity contribution in [3.05, 3.63) is 23.2 Å². The van der Waals surface area contributed by atoms with Gasteiger partial charge in [0.1, 0.15) is 0 Å². The molecule has 100 valence electrons. The second kappa shape index (κ2) is 8.47. The largest absolute Gasteiger partial charge is 0.375 e. The third-order valence-corrected chi connectivity index (χ3v) is 2.99. The molecule has 0 aromatic carbocycles. The number of hydrogen-bond donors (Lipinski definition) is 2. The van der Waals surface area contributed by atoms with E-state index in [2.05, 4.69) is 22.1 Å². The molecule has 0 radical (unpaired) electrons. The summed E-state index contributed by atoms with van der Waals surface area (Å²) in [5, 5.41) is 4.53. The van der Waals surface area contributed by atoms with Crippen molar-refractivity contribution in [2.45, 2.75) is 27.7 Å². The molecule has 18 heavy (non-hydrogen) atoms. The van der Waals surface area contributed by atoms with E-state index < -0.39 is 0 Å². The molecule has 0 unspecified atom stereocenters. The van der Waals surface area contributed by atoms with Crippen LogP contribution >= 0.6 is 11.3 Å². The maximum absolute atomic E-state index is 5.72. The molecular formula is C13H22N4S. The Morgan fingerprint density at radius 1 is 1.50 bits per heavy atom. The normalized spacial score (nSPS) is 11.1. The van der Waals surface area contributed by atoms with E-state index in [0.717, 1.165) is 21.7 Å². The molecule has 0 saturated carbocycles. The lowest BCUT2D eigenvalue weighted by Crippen LogP contribution is -1.97. The van der Waals surface area contributed by atoms with Crippen LogP contribution in [0.3, 0.4) is 0 Å². The number of nitrogens with zero attached hydrogens (tertiary/aromatic N) is 2. The Balaban J connectivity index is 0.00000137. The standard InChI is InChI=1S/C11H16N4S.C2H6/c1-5-8(6-14-13-4)9-10(7(2)3)16-11(12)15-9;1-2/h5-6,13H,2H2,1,3-4H3,(H2,12,15);1-2H3/b8-5+,14-6-;. The minimum Gasteiger partial charge on any atom is -0.375 e. The number of nitrogen functional groups attached to an aromatic ring is 1. The molecule has 0 fully saturated rings. The van der Waals surface area contributed by atoms with Gasteiger partial charge < -0.3 is 11.2 Å². The van der Waals surface area contributed by atoms with E-state index in [1.807, 2.05) is 33.8 Å². The first kappa shape index (κ1) is 16.4.